The van der Waals surface area contributed by atoms with Gasteiger partial charge < -0.3 is 14.3 Å². The Morgan fingerprint density at radius 3 is 2.59 bits per heavy atom. The SMILES string of the molecule is Cc1noc2ncn(CC(=O)N3CCN(c4ccc(F)cc4)CC3)c(=O)c12. The van der Waals surface area contributed by atoms with Crippen LogP contribution in [-0.2, 0) is 11.3 Å². The number of aryl methyl sites for hydroxylation is 1. The predicted molar refractivity (Wildman–Crippen MR) is 96.0 cm³/mol. The molecule has 0 bridgehead atoms. The van der Waals surface area contributed by atoms with Gasteiger partial charge in [0, 0.05) is 31.9 Å². The smallest absolute Gasteiger partial charge is 0.267 e. The lowest BCUT2D eigenvalue weighted by atomic mass is 10.2. The maximum atomic E-state index is 13.0. The zero-order valence-electron chi connectivity index (χ0n) is 14.8. The van der Waals surface area contributed by atoms with E-state index in [1.165, 1.54) is 23.0 Å². The first kappa shape index (κ1) is 17.2. The van der Waals surface area contributed by atoms with Gasteiger partial charge in [0.1, 0.15) is 24.1 Å². The summed E-state index contributed by atoms with van der Waals surface area (Å²) < 4.78 is 19.3. The fourth-order valence-electron chi connectivity index (χ4n) is 3.23. The topological polar surface area (TPSA) is 84.5 Å². The monoisotopic (exact) mass is 371 g/mol. The molecule has 8 nitrogen and oxygen atoms in total. The van der Waals surface area contributed by atoms with E-state index in [9.17, 15) is 14.0 Å². The van der Waals surface area contributed by atoms with E-state index in [1.54, 1.807) is 24.0 Å². The Morgan fingerprint density at radius 1 is 1.19 bits per heavy atom. The maximum absolute atomic E-state index is 13.0. The third-order valence-electron chi connectivity index (χ3n) is 4.76. The Balaban J connectivity index is 1.43. The Morgan fingerprint density at radius 2 is 1.89 bits per heavy atom. The van der Waals surface area contributed by atoms with E-state index >= 15 is 0 Å². The lowest BCUT2D eigenvalue weighted by molar-refractivity contribution is -0.132. The number of benzene rings is 1. The van der Waals surface area contributed by atoms with Gasteiger partial charge in [0.2, 0.25) is 5.91 Å². The van der Waals surface area contributed by atoms with Crippen LogP contribution in [0.3, 0.4) is 0 Å². The van der Waals surface area contributed by atoms with Gasteiger partial charge in [-0.1, -0.05) is 5.16 Å². The molecule has 2 aromatic heterocycles. The highest BCUT2D eigenvalue weighted by molar-refractivity contribution is 5.78. The summed E-state index contributed by atoms with van der Waals surface area (Å²) in [6, 6.07) is 6.31. The molecule has 3 aromatic rings. The van der Waals surface area contributed by atoms with Crippen LogP contribution in [0.2, 0.25) is 0 Å². The molecular formula is C18H18FN5O3. The number of hydrogen-bond acceptors (Lipinski definition) is 6. The van der Waals surface area contributed by atoms with Crippen molar-refractivity contribution in [2.45, 2.75) is 13.5 Å². The Hall–Kier alpha value is -3.23. The lowest BCUT2D eigenvalue weighted by Gasteiger charge is -2.36. The highest BCUT2D eigenvalue weighted by Gasteiger charge is 2.22. The van der Waals surface area contributed by atoms with Crippen molar-refractivity contribution in [2.24, 2.45) is 0 Å². The van der Waals surface area contributed by atoms with Crippen LogP contribution in [-0.4, -0.2) is 51.7 Å². The number of carbonyl (C=O) groups is 1. The van der Waals surface area contributed by atoms with Crippen LogP contribution in [0.4, 0.5) is 10.1 Å². The highest BCUT2D eigenvalue weighted by atomic mass is 19.1. The summed E-state index contributed by atoms with van der Waals surface area (Å²) in [6.07, 6.45) is 1.31. The minimum absolute atomic E-state index is 0.0804. The second kappa shape index (κ2) is 6.82. The first-order valence-electron chi connectivity index (χ1n) is 8.62. The molecular weight excluding hydrogens is 353 g/mol. The number of nitrogens with zero attached hydrogens (tertiary/aromatic N) is 5. The van der Waals surface area contributed by atoms with Crippen molar-refractivity contribution in [2.75, 3.05) is 31.1 Å². The van der Waals surface area contributed by atoms with Gasteiger partial charge in [0.05, 0.1) is 5.69 Å². The summed E-state index contributed by atoms with van der Waals surface area (Å²) in [7, 11) is 0. The molecule has 140 valence electrons. The van der Waals surface area contributed by atoms with E-state index in [0.717, 1.165) is 5.69 Å². The van der Waals surface area contributed by atoms with E-state index < -0.39 is 0 Å². The van der Waals surface area contributed by atoms with Crippen LogP contribution in [0.15, 0.2) is 39.9 Å². The zero-order chi connectivity index (χ0) is 19.0. The Kier molecular flexibility index (Phi) is 4.35. The second-order valence-electron chi connectivity index (χ2n) is 6.47. The van der Waals surface area contributed by atoms with E-state index in [0.29, 0.717) is 37.3 Å². The predicted octanol–water partition coefficient (Wildman–Crippen LogP) is 1.18. The molecule has 1 amide bonds. The summed E-state index contributed by atoms with van der Waals surface area (Å²) in [5, 5.41) is 4.03. The van der Waals surface area contributed by atoms with Crippen molar-refractivity contribution in [1.82, 2.24) is 19.6 Å². The number of aromatic nitrogens is 3. The second-order valence-corrected chi connectivity index (χ2v) is 6.47. The van der Waals surface area contributed by atoms with Gasteiger partial charge in [-0.3, -0.25) is 14.2 Å². The fraction of sp³-hybridized carbons (Fsp3) is 0.333. The molecule has 1 aliphatic rings. The van der Waals surface area contributed by atoms with Crippen LogP contribution in [0.25, 0.3) is 11.1 Å². The van der Waals surface area contributed by atoms with Crippen LogP contribution in [0.1, 0.15) is 5.69 Å². The Bertz CT molecular complexity index is 1040. The summed E-state index contributed by atoms with van der Waals surface area (Å²) in [5.41, 5.74) is 1.22. The van der Waals surface area contributed by atoms with Crippen LogP contribution in [0, 0.1) is 12.7 Å². The molecule has 3 heterocycles. The number of halogens is 1. The lowest BCUT2D eigenvalue weighted by Crippen LogP contribution is -2.50. The normalized spacial score (nSPS) is 14.7. The van der Waals surface area contributed by atoms with Gasteiger partial charge in [0.25, 0.3) is 11.3 Å². The molecule has 9 heteroatoms. The van der Waals surface area contributed by atoms with E-state index in [4.69, 9.17) is 4.52 Å². The largest absolute Gasteiger partial charge is 0.368 e. The summed E-state index contributed by atoms with van der Waals surface area (Å²) in [4.78, 5) is 33.0. The molecule has 0 radical (unpaired) electrons. The number of carbonyl (C=O) groups excluding carboxylic acids is 1. The molecule has 1 aliphatic heterocycles. The molecule has 0 unspecified atom stereocenters. The average molecular weight is 371 g/mol. The highest BCUT2D eigenvalue weighted by Crippen LogP contribution is 2.17. The van der Waals surface area contributed by atoms with Gasteiger partial charge in [0.15, 0.2) is 0 Å². The van der Waals surface area contributed by atoms with E-state index in [-0.39, 0.29) is 29.5 Å². The van der Waals surface area contributed by atoms with Crippen LogP contribution >= 0.6 is 0 Å². The van der Waals surface area contributed by atoms with Gasteiger partial charge >= 0.3 is 0 Å². The number of rotatable bonds is 3. The molecule has 0 aliphatic carbocycles. The molecule has 0 saturated carbocycles. The number of amides is 1. The molecule has 0 N–H and O–H groups in total. The average Bonchev–Trinajstić information content (AvgIpc) is 3.06. The molecule has 4 rings (SSSR count). The number of hydrogen-bond donors (Lipinski definition) is 0. The third-order valence-corrected chi connectivity index (χ3v) is 4.76. The number of fused-ring (bicyclic) bond motifs is 1. The third kappa shape index (κ3) is 3.27. The van der Waals surface area contributed by atoms with Gasteiger partial charge in [-0.25, -0.2) is 9.37 Å². The van der Waals surface area contributed by atoms with E-state index in [2.05, 4.69) is 15.0 Å². The summed E-state index contributed by atoms with van der Waals surface area (Å²) >= 11 is 0. The molecule has 0 spiro atoms. The fourth-order valence-corrected chi connectivity index (χ4v) is 3.23. The van der Waals surface area contributed by atoms with Crippen molar-refractivity contribution < 1.29 is 13.7 Å². The molecule has 27 heavy (non-hydrogen) atoms. The first-order valence-corrected chi connectivity index (χ1v) is 8.62. The molecule has 0 atom stereocenters. The van der Waals surface area contributed by atoms with Gasteiger partial charge in [-0.15, -0.1) is 0 Å². The molecule has 1 fully saturated rings. The van der Waals surface area contributed by atoms with E-state index in [1.807, 2.05) is 0 Å². The molecule has 1 saturated heterocycles. The summed E-state index contributed by atoms with van der Waals surface area (Å²) in [6.45, 7) is 3.95. The minimum atomic E-state index is -0.336. The zero-order valence-corrected chi connectivity index (χ0v) is 14.8. The van der Waals surface area contributed by atoms with Crippen LogP contribution < -0.4 is 10.5 Å². The molecule has 1 aromatic carbocycles. The van der Waals surface area contributed by atoms with Crippen molar-refractivity contribution in [3.63, 3.8) is 0 Å². The van der Waals surface area contributed by atoms with Gasteiger partial charge in [-0.2, -0.15) is 0 Å². The Labute approximate surface area is 153 Å². The summed E-state index contributed by atoms with van der Waals surface area (Å²) in [5.74, 6) is -0.419. The minimum Gasteiger partial charge on any atom is -0.368 e. The number of piperazine rings is 1. The van der Waals surface area contributed by atoms with Crippen molar-refractivity contribution in [1.29, 1.82) is 0 Å². The standard InChI is InChI=1S/C18H18FN5O3/c1-12-16-17(27-21-12)20-11-24(18(16)26)10-15(25)23-8-6-22(7-9-23)14-4-2-13(19)3-5-14/h2-5,11H,6-10H2,1H3. The van der Waals surface area contributed by atoms with Crippen molar-refractivity contribution in [3.8, 4) is 0 Å². The number of anilines is 1. The van der Waals surface area contributed by atoms with Crippen molar-refractivity contribution in [3.05, 3.63) is 52.5 Å². The van der Waals surface area contributed by atoms with Gasteiger partial charge in [-0.05, 0) is 31.2 Å². The first-order chi connectivity index (χ1) is 13.0. The maximum Gasteiger partial charge on any atom is 0.267 e. The van der Waals surface area contributed by atoms with Crippen LogP contribution in [0.5, 0.6) is 0 Å². The quantitative estimate of drug-likeness (QED) is 0.687. The van der Waals surface area contributed by atoms with Crippen molar-refractivity contribution >= 4 is 22.7 Å².